The molecule has 0 bridgehead atoms. The molecular formula is C21H17BrN4O4S. The number of aromatic nitrogens is 3. The molecule has 10 heteroatoms. The van der Waals surface area contributed by atoms with Crippen molar-refractivity contribution in [1.82, 2.24) is 14.5 Å². The first kappa shape index (κ1) is 21.0. The summed E-state index contributed by atoms with van der Waals surface area (Å²) >= 11 is 4.76. The average molecular weight is 501 g/mol. The quantitative estimate of drug-likeness (QED) is 0.411. The minimum atomic E-state index is -0.739. The Morgan fingerprint density at radius 3 is 2.74 bits per heavy atom. The van der Waals surface area contributed by atoms with Crippen LogP contribution in [0.4, 0.5) is 5.13 Å². The van der Waals surface area contributed by atoms with Gasteiger partial charge in [-0.1, -0.05) is 27.3 Å². The van der Waals surface area contributed by atoms with Crippen LogP contribution >= 0.6 is 27.3 Å². The second kappa shape index (κ2) is 8.12. The van der Waals surface area contributed by atoms with E-state index < -0.39 is 17.1 Å². The number of methoxy groups -OCH3 is 1. The summed E-state index contributed by atoms with van der Waals surface area (Å²) in [6, 6.07) is 8.91. The number of rotatable bonds is 4. The van der Waals surface area contributed by atoms with Gasteiger partial charge in [0.05, 0.1) is 23.0 Å². The number of H-pyrrole nitrogens is 1. The first-order valence-corrected chi connectivity index (χ1v) is 10.7. The van der Waals surface area contributed by atoms with Gasteiger partial charge in [0.25, 0.3) is 5.56 Å². The number of nitrogens with zero attached hydrogens (tertiary/aromatic N) is 3. The van der Waals surface area contributed by atoms with Gasteiger partial charge in [0.1, 0.15) is 11.3 Å². The highest BCUT2D eigenvalue weighted by Crippen LogP contribution is 2.31. The van der Waals surface area contributed by atoms with Gasteiger partial charge in [-0.15, -0.1) is 0 Å². The van der Waals surface area contributed by atoms with E-state index in [4.69, 9.17) is 4.74 Å². The van der Waals surface area contributed by atoms with Gasteiger partial charge >= 0.3 is 5.69 Å². The Labute approximate surface area is 188 Å². The lowest BCUT2D eigenvalue weighted by Crippen LogP contribution is -2.31. The van der Waals surface area contributed by atoms with E-state index in [1.807, 2.05) is 26.0 Å². The molecule has 0 aliphatic rings. The second-order valence-corrected chi connectivity index (χ2v) is 8.60. The maximum absolute atomic E-state index is 12.5. The number of nitrogens with one attached hydrogen (secondary N) is 1. The number of benzene rings is 2. The van der Waals surface area contributed by atoms with E-state index in [2.05, 4.69) is 30.9 Å². The molecule has 0 aliphatic carbocycles. The van der Waals surface area contributed by atoms with Gasteiger partial charge in [-0.05, 0) is 55.3 Å². The van der Waals surface area contributed by atoms with Crippen molar-refractivity contribution in [2.45, 2.75) is 13.8 Å². The number of ether oxygens (including phenoxy) is 1. The van der Waals surface area contributed by atoms with Crippen molar-refractivity contribution in [2.24, 2.45) is 4.99 Å². The third-order valence-corrected chi connectivity index (χ3v) is 6.73. The zero-order valence-corrected chi connectivity index (χ0v) is 19.2. The minimum absolute atomic E-state index is 0.142. The van der Waals surface area contributed by atoms with Crippen LogP contribution in [0.15, 0.2) is 49.4 Å². The third-order valence-electron chi connectivity index (χ3n) is 4.94. The standard InChI is InChI=1S/C21H17BrN4O4S/c1-10-11(2)16(7-5-14(10)22)26-19(28)13(18(27)25-21(26)29)9-23-20-24-15-6-4-12(30-3)8-17(15)31-20/h4-9,28H,1-3H3,(H,25,27,29). The summed E-state index contributed by atoms with van der Waals surface area (Å²) in [6.45, 7) is 3.72. The second-order valence-electron chi connectivity index (χ2n) is 6.74. The Morgan fingerprint density at radius 1 is 1.23 bits per heavy atom. The molecule has 2 aromatic carbocycles. The number of halogens is 1. The van der Waals surface area contributed by atoms with Gasteiger partial charge in [0.2, 0.25) is 11.0 Å². The zero-order valence-electron chi connectivity index (χ0n) is 16.8. The Hall–Kier alpha value is -3.24. The number of aliphatic imine (C=N–C) groups is 1. The lowest BCUT2D eigenvalue weighted by molar-refractivity contribution is 0.415. The van der Waals surface area contributed by atoms with Crippen molar-refractivity contribution >= 4 is 48.8 Å². The smallest absolute Gasteiger partial charge is 0.335 e. The lowest BCUT2D eigenvalue weighted by atomic mass is 10.1. The molecule has 0 aliphatic heterocycles. The van der Waals surface area contributed by atoms with Gasteiger partial charge in [0, 0.05) is 10.7 Å². The highest BCUT2D eigenvalue weighted by atomic mass is 79.9. The maximum atomic E-state index is 12.5. The number of thiazole rings is 1. The first-order chi connectivity index (χ1) is 14.8. The number of aromatic hydroxyl groups is 1. The van der Waals surface area contributed by atoms with Crippen LogP contribution in [0.5, 0.6) is 11.6 Å². The third kappa shape index (κ3) is 3.79. The van der Waals surface area contributed by atoms with Crippen LogP contribution in [0.25, 0.3) is 15.9 Å². The van der Waals surface area contributed by atoms with Crippen molar-refractivity contribution in [2.75, 3.05) is 7.11 Å². The zero-order chi connectivity index (χ0) is 22.3. The van der Waals surface area contributed by atoms with E-state index in [1.165, 1.54) is 17.6 Å². The maximum Gasteiger partial charge on any atom is 0.335 e. The summed E-state index contributed by atoms with van der Waals surface area (Å²) in [4.78, 5) is 35.7. The van der Waals surface area contributed by atoms with Crippen molar-refractivity contribution in [3.8, 4) is 17.3 Å². The highest BCUT2D eigenvalue weighted by Gasteiger charge is 2.17. The topological polar surface area (TPSA) is 110 Å². The summed E-state index contributed by atoms with van der Waals surface area (Å²) in [5.74, 6) is 0.207. The van der Waals surface area contributed by atoms with Crippen LogP contribution < -0.4 is 16.0 Å². The summed E-state index contributed by atoms with van der Waals surface area (Å²) < 4.78 is 8.01. The molecular weight excluding hydrogens is 484 g/mol. The molecule has 0 saturated heterocycles. The van der Waals surface area contributed by atoms with Gasteiger partial charge < -0.3 is 9.84 Å². The molecule has 0 amide bonds. The summed E-state index contributed by atoms with van der Waals surface area (Å²) in [5, 5.41) is 11.2. The predicted molar refractivity (Wildman–Crippen MR) is 125 cm³/mol. The molecule has 0 atom stereocenters. The van der Waals surface area contributed by atoms with Gasteiger partial charge in [0.15, 0.2) is 0 Å². The molecule has 0 fully saturated rings. The van der Waals surface area contributed by atoms with Crippen LogP contribution in [-0.4, -0.2) is 33.0 Å². The van der Waals surface area contributed by atoms with Crippen LogP contribution in [0, 0.1) is 13.8 Å². The van der Waals surface area contributed by atoms with E-state index >= 15 is 0 Å². The SMILES string of the molecule is COc1ccc2nc(N=Cc3c(O)n(-c4ccc(Br)c(C)c4C)c(=O)[nH]c3=O)sc2c1. The fourth-order valence-electron chi connectivity index (χ4n) is 3.09. The highest BCUT2D eigenvalue weighted by molar-refractivity contribution is 9.10. The normalized spacial score (nSPS) is 11.5. The molecule has 0 saturated carbocycles. The average Bonchev–Trinajstić information content (AvgIpc) is 3.15. The molecule has 31 heavy (non-hydrogen) atoms. The Morgan fingerprint density at radius 2 is 2.00 bits per heavy atom. The van der Waals surface area contributed by atoms with E-state index in [0.29, 0.717) is 16.6 Å². The van der Waals surface area contributed by atoms with Gasteiger partial charge in [-0.25, -0.2) is 19.3 Å². The van der Waals surface area contributed by atoms with Crippen LogP contribution in [-0.2, 0) is 0 Å². The van der Waals surface area contributed by atoms with Gasteiger partial charge in [-0.2, -0.15) is 0 Å². The Kier molecular flexibility index (Phi) is 5.50. The summed E-state index contributed by atoms with van der Waals surface area (Å²) in [7, 11) is 1.58. The van der Waals surface area contributed by atoms with Gasteiger partial charge in [-0.3, -0.25) is 9.78 Å². The number of hydrogen-bond donors (Lipinski definition) is 2. The van der Waals surface area contributed by atoms with E-state index in [9.17, 15) is 14.7 Å². The molecule has 0 radical (unpaired) electrons. The summed E-state index contributed by atoms with van der Waals surface area (Å²) in [5.41, 5.74) is 1.27. The number of aromatic amines is 1. The van der Waals surface area contributed by atoms with E-state index in [1.54, 1.807) is 25.3 Å². The molecule has 2 N–H and O–H groups in total. The fourth-order valence-corrected chi connectivity index (χ4v) is 4.36. The van der Waals surface area contributed by atoms with Crippen LogP contribution in [0.1, 0.15) is 16.7 Å². The number of fused-ring (bicyclic) bond motifs is 1. The number of hydrogen-bond acceptors (Lipinski definition) is 7. The van der Waals surface area contributed by atoms with Crippen molar-refractivity contribution in [3.05, 3.63) is 72.3 Å². The van der Waals surface area contributed by atoms with E-state index in [-0.39, 0.29) is 5.56 Å². The van der Waals surface area contributed by atoms with Crippen LogP contribution in [0.3, 0.4) is 0 Å². The molecule has 2 heterocycles. The molecule has 8 nitrogen and oxygen atoms in total. The van der Waals surface area contributed by atoms with E-state index in [0.717, 1.165) is 30.4 Å². The fraction of sp³-hybridized carbons (Fsp3) is 0.143. The largest absolute Gasteiger partial charge is 0.497 e. The van der Waals surface area contributed by atoms with Crippen LogP contribution in [0.2, 0.25) is 0 Å². The molecule has 4 aromatic rings. The first-order valence-electron chi connectivity index (χ1n) is 9.13. The molecule has 2 aromatic heterocycles. The molecule has 0 spiro atoms. The van der Waals surface area contributed by atoms with Crippen molar-refractivity contribution in [1.29, 1.82) is 0 Å². The minimum Gasteiger partial charge on any atom is -0.497 e. The summed E-state index contributed by atoms with van der Waals surface area (Å²) in [6.07, 6.45) is 1.21. The predicted octanol–water partition coefficient (Wildman–Crippen LogP) is 3.98. The molecule has 158 valence electrons. The Bertz CT molecular complexity index is 1470. The molecule has 0 unspecified atom stereocenters. The van der Waals surface area contributed by atoms with Crippen molar-refractivity contribution < 1.29 is 9.84 Å². The van der Waals surface area contributed by atoms with Crippen molar-refractivity contribution in [3.63, 3.8) is 0 Å². The Balaban J connectivity index is 1.81. The lowest BCUT2D eigenvalue weighted by Gasteiger charge is -2.14. The molecule has 4 rings (SSSR count). The monoisotopic (exact) mass is 500 g/mol.